The maximum atomic E-state index is 9.22. The Balaban J connectivity index is -0.000000139. The predicted octanol–water partition coefficient (Wildman–Crippen LogP) is -7.11. The van der Waals surface area contributed by atoms with Crippen molar-refractivity contribution in [1.29, 1.82) is 0 Å². The molecule has 0 radical (unpaired) electrons. The van der Waals surface area contributed by atoms with Crippen molar-refractivity contribution < 1.29 is 83.2 Å². The van der Waals surface area contributed by atoms with Crippen LogP contribution in [0.4, 0.5) is 4.79 Å². The van der Waals surface area contributed by atoms with Crippen molar-refractivity contribution in [3.05, 3.63) is 0 Å². The second-order valence-corrected chi connectivity index (χ2v) is 3.39. The summed E-state index contributed by atoms with van der Waals surface area (Å²) in [6.45, 7) is -1.45. The summed E-state index contributed by atoms with van der Waals surface area (Å²) in [5.41, 5.74) is 0. The van der Waals surface area contributed by atoms with Crippen LogP contribution < -0.4 is 29.6 Å². The van der Waals surface area contributed by atoms with E-state index in [0.29, 0.717) is 0 Å². The number of carbonyl (C=O) groups is 1. The Hall–Kier alpha value is 0.322. The standard InChI is InChI=1S/C6H14O6.CH2O3.Al.Na.H2O.O/c7-1-3(9)5(11)6(12)4(10)2-8;2-1(3)4;;;;/h3-12H,1-2H2;(H2,2,3,4);;;1H2;/q;;2*+1;;/p-2. The van der Waals surface area contributed by atoms with Crippen LogP contribution in [0, 0.1) is 0 Å². The second kappa shape index (κ2) is 17.4. The molecule has 0 fully saturated rings. The van der Waals surface area contributed by atoms with Gasteiger partial charge < -0.3 is 36.1 Å². The van der Waals surface area contributed by atoms with Gasteiger partial charge in [-0.2, -0.15) is 0 Å². The van der Waals surface area contributed by atoms with Crippen molar-refractivity contribution in [3.8, 4) is 0 Å². The van der Waals surface area contributed by atoms with Gasteiger partial charge in [0, 0.05) is 0 Å². The average Bonchev–Trinajstić information content (AvgIpc) is 2.35. The van der Waals surface area contributed by atoms with E-state index < -0.39 is 59.3 Å². The van der Waals surface area contributed by atoms with Gasteiger partial charge in [-0.05, 0) is 0 Å². The van der Waals surface area contributed by atoms with E-state index in [1.165, 1.54) is 0 Å². The Morgan fingerprint density at radius 2 is 1.30 bits per heavy atom. The van der Waals surface area contributed by atoms with Gasteiger partial charge in [0.15, 0.2) is 0 Å². The number of carboxylic acid groups (broad SMARTS) is 1. The minimum absolute atomic E-state index is 0. The molecule has 0 aliphatic carbocycles. The SMILES string of the molecule is OCC(O)C(O)C(O)C(O)CO.[Na+].[OH-].[O]=[Al][O]C(=O)O. The molecule has 0 heterocycles. The van der Waals surface area contributed by atoms with Crippen LogP contribution in [0.3, 0.4) is 0 Å². The van der Waals surface area contributed by atoms with Gasteiger partial charge in [-0.3, -0.25) is 0 Å². The van der Waals surface area contributed by atoms with Crippen LogP contribution in [-0.2, 0) is 7.59 Å². The summed E-state index contributed by atoms with van der Waals surface area (Å²) in [6.07, 6.45) is -7.88. The molecular weight excluding hydrogens is 310 g/mol. The van der Waals surface area contributed by atoms with Crippen LogP contribution in [0.25, 0.3) is 0 Å². The third kappa shape index (κ3) is 14.7. The van der Waals surface area contributed by atoms with Crippen LogP contribution in [-0.4, -0.2) is 100 Å². The van der Waals surface area contributed by atoms with Gasteiger partial charge in [-0.25, -0.2) is 0 Å². The van der Waals surface area contributed by atoms with Crippen molar-refractivity contribution in [3.63, 3.8) is 0 Å². The van der Waals surface area contributed by atoms with E-state index in [0.717, 1.165) is 0 Å². The van der Waals surface area contributed by atoms with Crippen molar-refractivity contribution in [2.24, 2.45) is 0 Å². The van der Waals surface area contributed by atoms with Crippen molar-refractivity contribution in [2.45, 2.75) is 24.4 Å². The summed E-state index contributed by atoms with van der Waals surface area (Å²) in [7, 11) is 0. The number of aliphatic hydroxyl groups is 6. The first kappa shape index (κ1) is 28.5. The van der Waals surface area contributed by atoms with Crippen LogP contribution in [0.2, 0.25) is 0 Å². The fraction of sp³-hybridized carbons (Fsp3) is 0.857. The quantitative estimate of drug-likeness (QED) is 0.227. The van der Waals surface area contributed by atoms with E-state index in [1.807, 2.05) is 0 Å². The summed E-state index contributed by atoms with van der Waals surface area (Å²) in [5.74, 6) is 0. The fourth-order valence-electron chi connectivity index (χ4n) is 0.712. The first-order valence-electron chi connectivity index (χ1n) is 4.59. The first-order valence-corrected chi connectivity index (χ1v) is 5.53. The van der Waals surface area contributed by atoms with E-state index in [4.69, 9.17) is 35.7 Å². The summed E-state index contributed by atoms with van der Waals surface area (Å²) >= 11 is -1.60. The molecule has 0 amide bonds. The van der Waals surface area contributed by atoms with Gasteiger partial charge >= 0.3 is 68.7 Å². The molecule has 11 nitrogen and oxygen atoms in total. The molecule has 0 aliphatic heterocycles. The normalized spacial score (nSPS) is 14.7. The first-order chi connectivity index (χ1) is 8.31. The number of hydrogen-bond donors (Lipinski definition) is 7. The van der Waals surface area contributed by atoms with E-state index in [2.05, 4.69) is 3.79 Å². The maximum absolute atomic E-state index is 9.22. The van der Waals surface area contributed by atoms with E-state index in [1.54, 1.807) is 0 Å². The predicted molar refractivity (Wildman–Crippen MR) is 55.7 cm³/mol. The Kier molecular flexibility index (Phi) is 24.7. The van der Waals surface area contributed by atoms with Crippen LogP contribution in [0.1, 0.15) is 0 Å². The molecule has 0 aromatic heterocycles. The molecule has 0 saturated carbocycles. The summed E-state index contributed by atoms with van der Waals surface area (Å²) in [4.78, 5) is 9.20. The Bertz CT molecular complexity index is 229. The molecule has 0 saturated heterocycles. The van der Waals surface area contributed by atoms with Gasteiger partial charge in [-0.1, -0.05) is 0 Å². The average molecular weight is 326 g/mol. The second-order valence-electron chi connectivity index (χ2n) is 2.96. The van der Waals surface area contributed by atoms with Gasteiger partial charge in [-0.15, -0.1) is 0 Å². The van der Waals surface area contributed by atoms with Gasteiger partial charge in [0.2, 0.25) is 0 Å². The van der Waals surface area contributed by atoms with Crippen LogP contribution in [0.15, 0.2) is 0 Å². The molecule has 0 aromatic carbocycles. The molecule has 0 aliphatic rings. The molecule has 0 bridgehead atoms. The Morgan fingerprint density at radius 3 is 1.40 bits per heavy atom. The van der Waals surface area contributed by atoms with E-state index >= 15 is 0 Å². The molecule has 13 heteroatoms. The molecule has 0 spiro atoms. The molecule has 8 N–H and O–H groups in total. The molecule has 0 aromatic rings. The van der Waals surface area contributed by atoms with Gasteiger partial charge in [0.1, 0.15) is 24.4 Å². The molecular formula is C7H16AlNaO11. The molecule has 4 atom stereocenters. The van der Waals surface area contributed by atoms with Crippen LogP contribution in [0.5, 0.6) is 0 Å². The van der Waals surface area contributed by atoms with Gasteiger partial charge in [0.25, 0.3) is 0 Å². The van der Waals surface area contributed by atoms with Gasteiger partial charge in [0.05, 0.1) is 13.2 Å². The summed E-state index contributed by atoms with van der Waals surface area (Å²) in [5, 5.41) is 59.7. The Morgan fingerprint density at radius 1 is 1.00 bits per heavy atom. The number of aliphatic hydroxyl groups excluding tert-OH is 6. The summed E-state index contributed by atoms with van der Waals surface area (Å²) in [6, 6.07) is 0. The van der Waals surface area contributed by atoms with E-state index in [9.17, 15) is 8.60 Å². The number of hydrogen-bond acceptors (Lipinski definition) is 10. The van der Waals surface area contributed by atoms with Crippen molar-refractivity contribution in [2.75, 3.05) is 13.2 Å². The topological polar surface area (TPSA) is 215 Å². The zero-order valence-corrected chi connectivity index (χ0v) is 13.8. The molecule has 0 rings (SSSR count). The van der Waals surface area contributed by atoms with Crippen molar-refractivity contribution >= 4 is 21.6 Å². The Labute approximate surface area is 142 Å². The minimum atomic E-state index is -1.67. The molecule has 4 unspecified atom stereocenters. The zero-order valence-electron chi connectivity index (χ0n) is 10.6. The fourth-order valence-corrected chi connectivity index (χ4v) is 0.795. The zero-order chi connectivity index (χ0) is 14.7. The van der Waals surface area contributed by atoms with Crippen LogP contribution >= 0.6 is 0 Å². The molecule has 114 valence electrons. The number of rotatable bonds is 6. The van der Waals surface area contributed by atoms with Crippen molar-refractivity contribution in [1.82, 2.24) is 0 Å². The summed E-state index contributed by atoms with van der Waals surface area (Å²) < 4.78 is 12.7. The third-order valence-corrected chi connectivity index (χ3v) is 1.96. The third-order valence-electron chi connectivity index (χ3n) is 1.66. The molecule has 20 heavy (non-hydrogen) atoms. The monoisotopic (exact) mass is 326 g/mol. The van der Waals surface area contributed by atoms with E-state index in [-0.39, 0.29) is 35.0 Å².